The molecule has 0 spiro atoms. The summed E-state index contributed by atoms with van der Waals surface area (Å²) < 4.78 is 52.0. The van der Waals surface area contributed by atoms with Crippen molar-refractivity contribution in [1.29, 1.82) is 0 Å². The number of aryl methyl sites for hydroxylation is 2. The number of hydrogen-bond acceptors (Lipinski definition) is 5. The maximum absolute atomic E-state index is 13.0. The number of rotatable bonds is 10. The fourth-order valence-electron chi connectivity index (χ4n) is 3.57. The fraction of sp³-hybridized carbons (Fsp3) is 0.400. The minimum Gasteiger partial charge on any atom is -0.479 e. The van der Waals surface area contributed by atoms with Crippen LogP contribution < -0.4 is 10.4 Å². The predicted octanol–water partition coefficient (Wildman–Crippen LogP) is 4.15. The number of nitrogens with zero attached hydrogens (tertiary/aromatic N) is 3. The molecule has 0 aliphatic heterocycles. The average molecular weight is 492 g/mol. The van der Waals surface area contributed by atoms with Gasteiger partial charge in [0, 0.05) is 13.5 Å². The Morgan fingerprint density at radius 2 is 1.80 bits per heavy atom. The predicted molar refractivity (Wildman–Crippen MR) is 123 cm³/mol. The zero-order chi connectivity index (χ0) is 25.6. The van der Waals surface area contributed by atoms with Crippen molar-refractivity contribution in [2.45, 2.75) is 51.9 Å². The number of hydrogen-bond donors (Lipinski definition) is 0. The minimum atomic E-state index is -4.44. The van der Waals surface area contributed by atoms with Crippen molar-refractivity contribution in [2.24, 2.45) is 7.05 Å². The van der Waals surface area contributed by atoms with Gasteiger partial charge in [-0.2, -0.15) is 18.3 Å². The van der Waals surface area contributed by atoms with E-state index in [-0.39, 0.29) is 12.2 Å². The van der Waals surface area contributed by atoms with Crippen LogP contribution in [-0.4, -0.2) is 33.0 Å². The monoisotopic (exact) mass is 491 g/mol. The van der Waals surface area contributed by atoms with E-state index in [1.165, 1.54) is 21.4 Å². The summed E-state index contributed by atoms with van der Waals surface area (Å²) in [5.41, 5.74) is 0.265. The van der Waals surface area contributed by atoms with Crippen molar-refractivity contribution in [1.82, 2.24) is 14.3 Å². The number of alkyl halides is 3. The molecule has 3 aromatic rings. The molecule has 2 aromatic carbocycles. The summed E-state index contributed by atoms with van der Waals surface area (Å²) >= 11 is 0. The molecule has 3 rings (SSSR count). The molecule has 35 heavy (non-hydrogen) atoms. The second kappa shape index (κ2) is 11.2. The molecule has 0 saturated heterocycles. The fourth-order valence-corrected chi connectivity index (χ4v) is 3.57. The molecule has 0 fully saturated rings. The van der Waals surface area contributed by atoms with E-state index in [0.29, 0.717) is 36.6 Å². The van der Waals surface area contributed by atoms with Crippen molar-refractivity contribution in [3.05, 3.63) is 81.5 Å². The highest BCUT2D eigenvalue weighted by molar-refractivity contribution is 5.74. The number of halogens is 3. The third-order valence-corrected chi connectivity index (χ3v) is 5.44. The first-order chi connectivity index (χ1) is 16.6. The first-order valence-electron chi connectivity index (χ1n) is 11.3. The smallest absolute Gasteiger partial charge is 0.416 e. The Morgan fingerprint density at radius 1 is 1.09 bits per heavy atom. The zero-order valence-corrected chi connectivity index (χ0v) is 19.8. The molecule has 0 aliphatic rings. The van der Waals surface area contributed by atoms with Gasteiger partial charge in [0.15, 0.2) is 6.10 Å². The van der Waals surface area contributed by atoms with Crippen molar-refractivity contribution in [3.63, 3.8) is 0 Å². The maximum Gasteiger partial charge on any atom is 0.416 e. The Bertz CT molecular complexity index is 1200. The SMILES string of the molecule is CCOC(=O)C(C)Oc1ccc(CCCc2nn(Cc3cccc(C(F)(F)F)c3)c(=O)n2C)cc1. The summed E-state index contributed by atoms with van der Waals surface area (Å²) in [6.45, 7) is 3.61. The van der Waals surface area contributed by atoms with E-state index in [4.69, 9.17) is 9.47 Å². The standard InChI is InChI=1S/C25H28F3N3O4/c1-4-34-23(32)17(2)35-21-13-11-18(12-14-21)7-6-10-22-29-31(24(33)30(22)3)16-19-8-5-9-20(15-19)25(26,27)28/h5,8-9,11-15,17H,4,6-7,10,16H2,1-3H3. The van der Waals surface area contributed by atoms with Crippen LogP contribution in [0.2, 0.25) is 0 Å². The van der Waals surface area contributed by atoms with Crippen molar-refractivity contribution < 1.29 is 27.4 Å². The number of aromatic nitrogens is 3. The molecule has 188 valence electrons. The highest BCUT2D eigenvalue weighted by Gasteiger charge is 2.30. The lowest BCUT2D eigenvalue weighted by Crippen LogP contribution is -2.26. The first-order valence-corrected chi connectivity index (χ1v) is 11.3. The molecule has 1 heterocycles. The lowest BCUT2D eigenvalue weighted by atomic mass is 10.1. The summed E-state index contributed by atoms with van der Waals surface area (Å²) in [4.78, 5) is 24.2. The molecule has 10 heteroatoms. The Kier molecular flexibility index (Phi) is 8.37. The van der Waals surface area contributed by atoms with Crippen LogP contribution >= 0.6 is 0 Å². The van der Waals surface area contributed by atoms with Crippen LogP contribution in [-0.2, 0) is 42.1 Å². The highest BCUT2D eigenvalue weighted by Crippen LogP contribution is 2.29. The van der Waals surface area contributed by atoms with Gasteiger partial charge in [0.05, 0.1) is 18.7 Å². The van der Waals surface area contributed by atoms with Gasteiger partial charge >= 0.3 is 17.8 Å². The lowest BCUT2D eigenvalue weighted by molar-refractivity contribution is -0.150. The molecule has 1 atom stereocenters. The second-order valence-corrected chi connectivity index (χ2v) is 8.12. The molecule has 0 bridgehead atoms. The van der Waals surface area contributed by atoms with Crippen molar-refractivity contribution in [3.8, 4) is 5.75 Å². The number of ether oxygens (including phenoxy) is 2. The van der Waals surface area contributed by atoms with Gasteiger partial charge in [0.2, 0.25) is 0 Å². The van der Waals surface area contributed by atoms with Gasteiger partial charge in [-0.25, -0.2) is 14.3 Å². The zero-order valence-electron chi connectivity index (χ0n) is 19.8. The van der Waals surface area contributed by atoms with Gasteiger partial charge in [-0.05, 0) is 62.1 Å². The summed E-state index contributed by atoms with van der Waals surface area (Å²) in [6, 6.07) is 12.3. The molecule has 0 aliphatic carbocycles. The largest absolute Gasteiger partial charge is 0.479 e. The van der Waals surface area contributed by atoms with E-state index in [1.807, 2.05) is 12.1 Å². The first kappa shape index (κ1) is 26.1. The number of carbonyl (C=O) groups excluding carboxylic acids is 1. The van der Waals surface area contributed by atoms with E-state index in [2.05, 4.69) is 5.10 Å². The Morgan fingerprint density at radius 3 is 2.46 bits per heavy atom. The third kappa shape index (κ3) is 6.97. The summed E-state index contributed by atoms with van der Waals surface area (Å²) in [5.74, 6) is 0.699. The normalized spacial score (nSPS) is 12.4. The molecule has 0 N–H and O–H groups in total. The Balaban J connectivity index is 1.57. The van der Waals surface area contributed by atoms with Gasteiger partial charge in [0.25, 0.3) is 0 Å². The topological polar surface area (TPSA) is 75.3 Å². The Hall–Kier alpha value is -3.56. The van der Waals surface area contributed by atoms with Crippen LogP contribution in [0.25, 0.3) is 0 Å². The number of benzene rings is 2. The minimum absolute atomic E-state index is 0.0394. The molecular formula is C25H28F3N3O4. The van der Waals surface area contributed by atoms with Crippen molar-refractivity contribution >= 4 is 5.97 Å². The van der Waals surface area contributed by atoms with Crippen LogP contribution in [0.15, 0.2) is 53.3 Å². The Labute approximate surface area is 201 Å². The van der Waals surface area contributed by atoms with Crippen LogP contribution in [0.4, 0.5) is 13.2 Å². The molecule has 1 aromatic heterocycles. The molecule has 0 saturated carbocycles. The van der Waals surface area contributed by atoms with E-state index in [0.717, 1.165) is 24.1 Å². The van der Waals surface area contributed by atoms with E-state index >= 15 is 0 Å². The second-order valence-electron chi connectivity index (χ2n) is 8.12. The van der Waals surface area contributed by atoms with Crippen LogP contribution in [0.3, 0.4) is 0 Å². The summed E-state index contributed by atoms with van der Waals surface area (Å²) in [5, 5.41) is 4.33. The van der Waals surface area contributed by atoms with Crippen LogP contribution in [0, 0.1) is 0 Å². The third-order valence-electron chi connectivity index (χ3n) is 5.44. The highest BCUT2D eigenvalue weighted by atomic mass is 19.4. The van der Waals surface area contributed by atoms with Gasteiger partial charge in [0.1, 0.15) is 11.6 Å². The lowest BCUT2D eigenvalue weighted by Gasteiger charge is -2.13. The summed E-state index contributed by atoms with van der Waals surface area (Å²) in [7, 11) is 1.60. The van der Waals surface area contributed by atoms with E-state index < -0.39 is 23.8 Å². The van der Waals surface area contributed by atoms with Crippen LogP contribution in [0.5, 0.6) is 5.75 Å². The van der Waals surface area contributed by atoms with E-state index in [9.17, 15) is 22.8 Å². The maximum atomic E-state index is 13.0. The molecule has 0 amide bonds. The van der Waals surface area contributed by atoms with E-state index in [1.54, 1.807) is 33.0 Å². The molecular weight excluding hydrogens is 463 g/mol. The van der Waals surface area contributed by atoms with Gasteiger partial charge in [-0.15, -0.1) is 0 Å². The summed E-state index contributed by atoms with van der Waals surface area (Å²) in [6.07, 6.45) is -3.18. The molecule has 0 radical (unpaired) electrons. The number of esters is 1. The van der Waals surface area contributed by atoms with Gasteiger partial charge in [-0.3, -0.25) is 4.57 Å². The van der Waals surface area contributed by atoms with Crippen molar-refractivity contribution in [2.75, 3.05) is 6.61 Å². The average Bonchev–Trinajstić information content (AvgIpc) is 3.08. The molecule has 1 unspecified atom stereocenters. The van der Waals surface area contributed by atoms with Gasteiger partial charge in [-0.1, -0.05) is 24.3 Å². The number of carbonyl (C=O) groups is 1. The van der Waals surface area contributed by atoms with Crippen LogP contribution in [0.1, 0.15) is 42.8 Å². The van der Waals surface area contributed by atoms with Gasteiger partial charge < -0.3 is 9.47 Å². The molecule has 7 nitrogen and oxygen atoms in total. The quantitative estimate of drug-likeness (QED) is 0.398.